The lowest BCUT2D eigenvalue weighted by Gasteiger charge is -2.35. The highest BCUT2D eigenvalue weighted by atomic mass is 35.5. The lowest BCUT2D eigenvalue weighted by atomic mass is 9.91. The molecule has 2 amide bonds. The van der Waals surface area contributed by atoms with Crippen molar-refractivity contribution in [2.75, 3.05) is 6.54 Å². The van der Waals surface area contributed by atoms with Crippen LogP contribution in [0.2, 0.25) is 5.02 Å². The van der Waals surface area contributed by atoms with Crippen molar-refractivity contribution in [1.29, 1.82) is 0 Å². The highest BCUT2D eigenvalue weighted by Gasteiger charge is 2.32. The van der Waals surface area contributed by atoms with Gasteiger partial charge < -0.3 is 15.0 Å². The molecule has 0 aliphatic carbocycles. The van der Waals surface area contributed by atoms with E-state index in [1.807, 2.05) is 41.3 Å². The van der Waals surface area contributed by atoms with E-state index in [0.717, 1.165) is 27.6 Å². The number of alkyl carbamates (subject to hydrolysis) is 1. The molecule has 4 rings (SSSR count). The molecule has 7 nitrogen and oxygen atoms in total. The summed E-state index contributed by atoms with van der Waals surface area (Å²) in [4.78, 5) is 27.9. The fourth-order valence-electron chi connectivity index (χ4n) is 4.25. The second-order valence-electron chi connectivity index (χ2n) is 9.71. The Hall–Kier alpha value is -3.06. The van der Waals surface area contributed by atoms with Crippen LogP contribution >= 0.6 is 11.6 Å². The molecule has 2 aromatic carbocycles. The van der Waals surface area contributed by atoms with Crippen LogP contribution in [0.1, 0.15) is 43.9 Å². The summed E-state index contributed by atoms with van der Waals surface area (Å²) >= 11 is 6.48. The molecule has 33 heavy (non-hydrogen) atoms. The molecule has 0 bridgehead atoms. The predicted octanol–water partition coefficient (Wildman–Crippen LogP) is 4.83. The highest BCUT2D eigenvalue weighted by Crippen LogP contribution is 2.32. The Balaban J connectivity index is 1.57. The minimum absolute atomic E-state index is 0.112. The number of carbonyl (C=O) groups is 2. The predicted molar refractivity (Wildman–Crippen MR) is 128 cm³/mol. The Bertz CT molecular complexity index is 1150. The van der Waals surface area contributed by atoms with Crippen molar-refractivity contribution in [1.82, 2.24) is 20.4 Å². The molecule has 2 N–H and O–H groups in total. The lowest BCUT2D eigenvalue weighted by Crippen LogP contribution is -2.51. The van der Waals surface area contributed by atoms with Crippen molar-refractivity contribution >= 4 is 34.5 Å². The van der Waals surface area contributed by atoms with E-state index in [1.165, 1.54) is 0 Å². The van der Waals surface area contributed by atoms with E-state index in [1.54, 1.807) is 6.20 Å². The molecule has 0 radical (unpaired) electrons. The van der Waals surface area contributed by atoms with Crippen LogP contribution in [-0.4, -0.2) is 39.7 Å². The zero-order valence-electron chi connectivity index (χ0n) is 19.2. The number of rotatable bonds is 4. The van der Waals surface area contributed by atoms with E-state index in [-0.39, 0.29) is 17.9 Å². The van der Waals surface area contributed by atoms with Gasteiger partial charge in [-0.05, 0) is 41.0 Å². The molecule has 174 valence electrons. The first-order chi connectivity index (χ1) is 15.7. The summed E-state index contributed by atoms with van der Waals surface area (Å²) in [6.45, 7) is 7.39. The number of aromatic amines is 1. The normalized spacial score (nSPS) is 16.8. The summed E-state index contributed by atoms with van der Waals surface area (Å²) in [5.74, 6) is -0.112. The first-order valence-electron chi connectivity index (χ1n) is 11.1. The molecule has 3 aromatic rings. The highest BCUT2D eigenvalue weighted by molar-refractivity contribution is 6.35. The molecule has 8 heteroatoms. The summed E-state index contributed by atoms with van der Waals surface area (Å²) < 4.78 is 5.37. The molecule has 0 unspecified atom stereocenters. The van der Waals surface area contributed by atoms with Gasteiger partial charge in [0.05, 0.1) is 16.7 Å². The third kappa shape index (κ3) is 5.47. The zero-order valence-corrected chi connectivity index (χ0v) is 19.9. The van der Waals surface area contributed by atoms with Gasteiger partial charge in [0, 0.05) is 18.5 Å². The van der Waals surface area contributed by atoms with E-state index in [9.17, 15) is 9.59 Å². The fourth-order valence-corrected chi connectivity index (χ4v) is 4.53. The number of aromatic nitrogens is 2. The molecule has 1 aromatic heterocycles. The Morgan fingerprint density at radius 3 is 2.79 bits per heavy atom. The first kappa shape index (κ1) is 23.1. The smallest absolute Gasteiger partial charge is 0.408 e. The maximum Gasteiger partial charge on any atom is 0.408 e. The van der Waals surface area contributed by atoms with Gasteiger partial charge in [0.2, 0.25) is 5.91 Å². The van der Waals surface area contributed by atoms with E-state index >= 15 is 0 Å². The van der Waals surface area contributed by atoms with Gasteiger partial charge >= 0.3 is 6.09 Å². The van der Waals surface area contributed by atoms with Gasteiger partial charge in [-0.25, -0.2) is 4.79 Å². The third-order valence-corrected chi connectivity index (χ3v) is 6.02. The van der Waals surface area contributed by atoms with Gasteiger partial charge in [0.15, 0.2) is 0 Å². The summed E-state index contributed by atoms with van der Waals surface area (Å²) in [6.07, 6.45) is 2.22. The molecule has 1 aliphatic rings. The summed E-state index contributed by atoms with van der Waals surface area (Å²) in [5.41, 5.74) is 3.66. The molecule has 1 atom stereocenters. The molecular weight excluding hydrogens is 440 g/mol. The Labute approximate surface area is 198 Å². The number of hydrogen-bond acceptors (Lipinski definition) is 4. The molecule has 0 saturated heterocycles. The summed E-state index contributed by atoms with van der Waals surface area (Å²) in [7, 11) is 0. The van der Waals surface area contributed by atoms with Crippen LogP contribution < -0.4 is 5.32 Å². The number of halogens is 1. The van der Waals surface area contributed by atoms with Crippen LogP contribution in [0.15, 0.2) is 42.6 Å². The topological polar surface area (TPSA) is 87.3 Å². The van der Waals surface area contributed by atoms with E-state index < -0.39 is 12.1 Å². The molecule has 0 saturated carbocycles. The number of aryl methyl sites for hydroxylation is 1. The Morgan fingerprint density at radius 2 is 2.06 bits per heavy atom. The van der Waals surface area contributed by atoms with Gasteiger partial charge in [0.1, 0.15) is 12.6 Å². The molecule has 2 heterocycles. The SMILES string of the molecule is CC(C)(C)CN1Cc2c(cc(Cl)c3[nH]ncc23)CC[C@@H](NC(=O)OCc2ccccc2)C1=O. The quantitative estimate of drug-likeness (QED) is 0.574. The lowest BCUT2D eigenvalue weighted by molar-refractivity contribution is -0.135. The molecule has 0 spiro atoms. The van der Waals surface area contributed by atoms with Crippen LogP contribution in [0.4, 0.5) is 4.79 Å². The van der Waals surface area contributed by atoms with Crippen molar-refractivity contribution in [2.24, 2.45) is 5.41 Å². The summed E-state index contributed by atoms with van der Waals surface area (Å²) in [5, 5.41) is 11.4. The Morgan fingerprint density at radius 1 is 1.30 bits per heavy atom. The molecular formula is C25H29ClN4O3. The summed E-state index contributed by atoms with van der Waals surface area (Å²) in [6, 6.07) is 10.7. The van der Waals surface area contributed by atoms with Crippen LogP contribution in [0.3, 0.4) is 0 Å². The number of nitrogens with one attached hydrogen (secondary N) is 2. The van der Waals surface area contributed by atoms with Gasteiger partial charge in [-0.3, -0.25) is 9.89 Å². The van der Waals surface area contributed by atoms with Crippen LogP contribution in [-0.2, 0) is 29.1 Å². The standard InChI is InChI=1S/C25H29ClN4O3/c1-25(2,3)15-30-13-19-17(11-20(26)22-18(19)12-27-29-22)9-10-21(23(30)31)28-24(32)33-14-16-7-5-4-6-8-16/h4-8,11-12,21H,9-10,13-15H2,1-3H3,(H,27,29)(H,28,32)/t21-/m1/s1. The number of ether oxygens (including phenoxy) is 1. The van der Waals surface area contributed by atoms with Gasteiger partial charge in [-0.1, -0.05) is 62.7 Å². The van der Waals surface area contributed by atoms with E-state index in [2.05, 4.69) is 36.3 Å². The number of hydrogen-bond donors (Lipinski definition) is 2. The zero-order chi connectivity index (χ0) is 23.6. The monoisotopic (exact) mass is 468 g/mol. The third-order valence-electron chi connectivity index (χ3n) is 5.72. The van der Waals surface area contributed by atoms with Crippen molar-refractivity contribution in [3.8, 4) is 0 Å². The Kier molecular flexibility index (Phi) is 6.61. The van der Waals surface area contributed by atoms with Crippen LogP contribution in [0.5, 0.6) is 0 Å². The fraction of sp³-hybridized carbons (Fsp3) is 0.400. The number of H-pyrrole nitrogens is 1. The average molecular weight is 469 g/mol. The number of fused-ring (bicyclic) bond motifs is 3. The second kappa shape index (κ2) is 9.43. The van der Waals surface area contributed by atoms with Crippen molar-refractivity contribution in [3.05, 3.63) is 64.3 Å². The van der Waals surface area contributed by atoms with Crippen LogP contribution in [0, 0.1) is 5.41 Å². The number of nitrogens with zero attached hydrogens (tertiary/aromatic N) is 2. The second-order valence-corrected chi connectivity index (χ2v) is 10.1. The maximum absolute atomic E-state index is 13.5. The largest absolute Gasteiger partial charge is 0.445 e. The minimum atomic E-state index is -0.678. The number of benzene rings is 2. The first-order valence-corrected chi connectivity index (χ1v) is 11.5. The van der Waals surface area contributed by atoms with Crippen LogP contribution in [0.25, 0.3) is 10.9 Å². The van der Waals surface area contributed by atoms with Crippen molar-refractivity contribution in [2.45, 2.75) is 52.8 Å². The van der Waals surface area contributed by atoms with Gasteiger partial charge in [-0.2, -0.15) is 5.10 Å². The molecule has 1 aliphatic heterocycles. The number of amides is 2. The van der Waals surface area contributed by atoms with Gasteiger partial charge in [-0.15, -0.1) is 0 Å². The average Bonchev–Trinajstić information content (AvgIpc) is 3.26. The molecule has 0 fully saturated rings. The number of carbonyl (C=O) groups excluding carboxylic acids is 2. The van der Waals surface area contributed by atoms with Gasteiger partial charge in [0.25, 0.3) is 0 Å². The minimum Gasteiger partial charge on any atom is -0.445 e. The maximum atomic E-state index is 13.5. The van der Waals surface area contributed by atoms with Crippen molar-refractivity contribution in [3.63, 3.8) is 0 Å². The van der Waals surface area contributed by atoms with Crippen molar-refractivity contribution < 1.29 is 14.3 Å². The van der Waals surface area contributed by atoms with E-state index in [4.69, 9.17) is 16.3 Å². The van der Waals surface area contributed by atoms with E-state index in [0.29, 0.717) is 31.0 Å².